The minimum Gasteiger partial charge on any atom is -0.324 e. The van der Waals surface area contributed by atoms with Crippen molar-refractivity contribution in [3.05, 3.63) is 65.5 Å². The molecule has 88 valence electrons. The fraction of sp³-hybridized carbons (Fsp3) is 0.267. The van der Waals surface area contributed by atoms with Gasteiger partial charge in [-0.3, -0.25) is 4.98 Å². The molecular formula is C15H18N2. The first-order chi connectivity index (χ1) is 8.27. The third kappa shape index (κ3) is 3.14. The lowest BCUT2D eigenvalue weighted by Crippen LogP contribution is -2.12. The average Bonchev–Trinajstić information content (AvgIpc) is 2.38. The molecule has 2 N–H and O–H groups in total. The summed E-state index contributed by atoms with van der Waals surface area (Å²) in [6, 6.07) is 12.5. The Morgan fingerprint density at radius 2 is 1.82 bits per heavy atom. The summed E-state index contributed by atoms with van der Waals surface area (Å²) in [5.41, 5.74) is 10.0. The summed E-state index contributed by atoms with van der Waals surface area (Å²) in [6.07, 6.45) is 5.62. The topological polar surface area (TPSA) is 38.9 Å². The maximum absolute atomic E-state index is 6.23. The van der Waals surface area contributed by atoms with Crippen LogP contribution < -0.4 is 5.73 Å². The van der Waals surface area contributed by atoms with Crippen molar-refractivity contribution in [2.24, 2.45) is 5.73 Å². The first kappa shape index (κ1) is 11.8. The van der Waals surface area contributed by atoms with Crippen molar-refractivity contribution in [2.75, 3.05) is 0 Å². The van der Waals surface area contributed by atoms with Crippen molar-refractivity contribution in [3.8, 4) is 0 Å². The minimum absolute atomic E-state index is 0.115. The van der Waals surface area contributed by atoms with Crippen LogP contribution in [-0.4, -0.2) is 4.98 Å². The number of hydrogen-bond acceptors (Lipinski definition) is 2. The predicted octanol–water partition coefficient (Wildman–Crippen LogP) is 3.02. The monoisotopic (exact) mass is 226 g/mol. The van der Waals surface area contributed by atoms with Gasteiger partial charge in [-0.15, -0.1) is 0 Å². The molecule has 0 saturated heterocycles. The van der Waals surface area contributed by atoms with Crippen molar-refractivity contribution >= 4 is 0 Å². The normalized spacial score (nSPS) is 12.4. The second-order valence-electron chi connectivity index (χ2n) is 4.36. The molecule has 0 aliphatic rings. The van der Waals surface area contributed by atoms with Gasteiger partial charge in [-0.25, -0.2) is 0 Å². The van der Waals surface area contributed by atoms with Crippen molar-refractivity contribution in [1.82, 2.24) is 4.98 Å². The number of pyridine rings is 1. The third-order valence-corrected chi connectivity index (χ3v) is 3.08. The highest BCUT2D eigenvalue weighted by atomic mass is 14.6. The lowest BCUT2D eigenvalue weighted by atomic mass is 9.97. The first-order valence-electron chi connectivity index (χ1n) is 5.97. The minimum atomic E-state index is 0.115. The van der Waals surface area contributed by atoms with Gasteiger partial charge in [0.25, 0.3) is 0 Å². The Labute approximate surface area is 103 Å². The van der Waals surface area contributed by atoms with E-state index in [4.69, 9.17) is 5.73 Å². The van der Waals surface area contributed by atoms with E-state index >= 15 is 0 Å². The van der Waals surface area contributed by atoms with Gasteiger partial charge in [-0.2, -0.15) is 0 Å². The second-order valence-corrected chi connectivity index (χ2v) is 4.36. The van der Waals surface area contributed by atoms with Crippen LogP contribution in [0.2, 0.25) is 0 Å². The molecule has 0 saturated carbocycles. The molecule has 0 fully saturated rings. The molecule has 0 aliphatic carbocycles. The summed E-state index contributed by atoms with van der Waals surface area (Å²) in [5, 5.41) is 0. The molecule has 2 aromatic rings. The second kappa shape index (κ2) is 5.60. The maximum atomic E-state index is 6.23. The maximum Gasteiger partial charge on any atom is 0.0300 e. The number of rotatable bonds is 4. The van der Waals surface area contributed by atoms with Crippen LogP contribution in [0.25, 0.3) is 0 Å². The van der Waals surface area contributed by atoms with Gasteiger partial charge in [0.1, 0.15) is 0 Å². The Kier molecular flexibility index (Phi) is 3.89. The molecule has 0 bridgehead atoms. The standard InChI is InChI=1S/C15H18N2/c1-12-4-2-3-5-14(12)15(16)7-6-13-8-10-17-11-9-13/h2-5,8-11,15H,6-7,16H2,1H3. The molecule has 0 spiro atoms. The molecule has 2 rings (SSSR count). The first-order valence-corrected chi connectivity index (χ1v) is 5.97. The molecule has 2 nitrogen and oxygen atoms in total. The van der Waals surface area contributed by atoms with Gasteiger partial charge < -0.3 is 5.73 Å². The van der Waals surface area contributed by atoms with Gasteiger partial charge in [0, 0.05) is 18.4 Å². The molecule has 1 atom stereocenters. The number of nitrogens with two attached hydrogens (primary N) is 1. The molecule has 1 aromatic heterocycles. The number of nitrogens with zero attached hydrogens (tertiary/aromatic N) is 1. The van der Waals surface area contributed by atoms with Crippen LogP contribution in [0.4, 0.5) is 0 Å². The van der Waals surface area contributed by atoms with E-state index in [-0.39, 0.29) is 6.04 Å². The fourth-order valence-electron chi connectivity index (χ4n) is 2.03. The Morgan fingerprint density at radius 3 is 2.53 bits per heavy atom. The molecule has 17 heavy (non-hydrogen) atoms. The van der Waals surface area contributed by atoms with E-state index in [1.165, 1.54) is 16.7 Å². The van der Waals surface area contributed by atoms with Crippen molar-refractivity contribution in [2.45, 2.75) is 25.8 Å². The van der Waals surface area contributed by atoms with Gasteiger partial charge in [-0.1, -0.05) is 24.3 Å². The van der Waals surface area contributed by atoms with Crippen LogP contribution in [0.3, 0.4) is 0 Å². The Morgan fingerprint density at radius 1 is 1.12 bits per heavy atom. The van der Waals surface area contributed by atoms with E-state index < -0.39 is 0 Å². The van der Waals surface area contributed by atoms with Gasteiger partial charge in [0.2, 0.25) is 0 Å². The van der Waals surface area contributed by atoms with Crippen molar-refractivity contribution < 1.29 is 0 Å². The summed E-state index contributed by atoms with van der Waals surface area (Å²) in [4.78, 5) is 4.01. The van der Waals surface area contributed by atoms with Gasteiger partial charge in [0.15, 0.2) is 0 Å². The molecule has 1 heterocycles. The molecule has 0 radical (unpaired) electrons. The third-order valence-electron chi connectivity index (χ3n) is 3.08. The lowest BCUT2D eigenvalue weighted by Gasteiger charge is -2.14. The predicted molar refractivity (Wildman–Crippen MR) is 70.7 cm³/mol. The van der Waals surface area contributed by atoms with Gasteiger partial charge in [-0.05, 0) is 48.6 Å². The summed E-state index contributed by atoms with van der Waals surface area (Å²) in [6.45, 7) is 2.11. The molecule has 1 aromatic carbocycles. The fourth-order valence-corrected chi connectivity index (χ4v) is 2.03. The summed E-state index contributed by atoms with van der Waals surface area (Å²) in [5.74, 6) is 0. The van der Waals surface area contributed by atoms with Crippen molar-refractivity contribution in [3.63, 3.8) is 0 Å². The Balaban J connectivity index is 1.99. The number of benzene rings is 1. The average molecular weight is 226 g/mol. The van der Waals surface area contributed by atoms with Crippen LogP contribution in [-0.2, 0) is 6.42 Å². The molecule has 2 heteroatoms. The number of aromatic nitrogens is 1. The highest BCUT2D eigenvalue weighted by Crippen LogP contribution is 2.19. The van der Waals surface area contributed by atoms with Gasteiger partial charge >= 0.3 is 0 Å². The Bertz CT molecular complexity index is 465. The zero-order valence-corrected chi connectivity index (χ0v) is 10.1. The zero-order chi connectivity index (χ0) is 12.1. The van der Waals surface area contributed by atoms with Crippen LogP contribution in [0, 0.1) is 6.92 Å². The molecule has 0 amide bonds. The van der Waals surface area contributed by atoms with Crippen molar-refractivity contribution in [1.29, 1.82) is 0 Å². The lowest BCUT2D eigenvalue weighted by molar-refractivity contribution is 0.647. The molecule has 0 aliphatic heterocycles. The van der Waals surface area contributed by atoms with Crippen LogP contribution in [0.15, 0.2) is 48.8 Å². The van der Waals surface area contributed by atoms with E-state index in [1.807, 2.05) is 24.5 Å². The number of hydrogen-bond donors (Lipinski definition) is 1. The summed E-state index contributed by atoms with van der Waals surface area (Å²) in [7, 11) is 0. The highest BCUT2D eigenvalue weighted by Gasteiger charge is 2.08. The van der Waals surface area contributed by atoms with Crippen LogP contribution >= 0.6 is 0 Å². The van der Waals surface area contributed by atoms with E-state index in [1.54, 1.807) is 0 Å². The SMILES string of the molecule is Cc1ccccc1C(N)CCc1ccncc1. The number of aryl methyl sites for hydroxylation is 2. The van der Waals surface area contributed by atoms with E-state index in [0.717, 1.165) is 12.8 Å². The van der Waals surface area contributed by atoms with E-state index in [9.17, 15) is 0 Å². The Hall–Kier alpha value is -1.67. The molecule has 1 unspecified atom stereocenters. The largest absolute Gasteiger partial charge is 0.324 e. The highest BCUT2D eigenvalue weighted by molar-refractivity contribution is 5.28. The summed E-state index contributed by atoms with van der Waals surface area (Å²) < 4.78 is 0. The van der Waals surface area contributed by atoms with Crippen LogP contribution in [0.5, 0.6) is 0 Å². The van der Waals surface area contributed by atoms with E-state index in [2.05, 4.69) is 36.2 Å². The van der Waals surface area contributed by atoms with Crippen LogP contribution in [0.1, 0.15) is 29.2 Å². The quantitative estimate of drug-likeness (QED) is 0.870. The van der Waals surface area contributed by atoms with E-state index in [0.29, 0.717) is 0 Å². The zero-order valence-electron chi connectivity index (χ0n) is 10.1. The smallest absolute Gasteiger partial charge is 0.0300 e. The van der Waals surface area contributed by atoms with Gasteiger partial charge in [0.05, 0.1) is 0 Å². The molecular weight excluding hydrogens is 208 g/mol. The summed E-state index contributed by atoms with van der Waals surface area (Å²) >= 11 is 0.